The third-order valence-electron chi connectivity index (χ3n) is 6.41. The minimum atomic E-state index is 0.440. The Balaban J connectivity index is 2.56. The second-order valence-electron chi connectivity index (χ2n) is 10.3. The zero-order valence-electron chi connectivity index (χ0n) is 22.2. The lowest BCUT2D eigenvalue weighted by atomic mass is 9.92. The highest BCUT2D eigenvalue weighted by atomic mass is 14.9. The predicted molar refractivity (Wildman–Crippen MR) is 144 cm³/mol. The molecule has 0 spiro atoms. The number of aliphatic imine (C=N–C) groups is 1. The molecule has 0 unspecified atom stereocenters. The highest BCUT2D eigenvalue weighted by molar-refractivity contribution is 6.00. The van der Waals surface area contributed by atoms with Gasteiger partial charge in [0.2, 0.25) is 0 Å². The second-order valence-corrected chi connectivity index (χ2v) is 10.3. The third-order valence-corrected chi connectivity index (χ3v) is 6.41. The fourth-order valence-corrected chi connectivity index (χ4v) is 4.14. The molecule has 0 aliphatic carbocycles. The molecular formula is C30H44N2. The summed E-state index contributed by atoms with van der Waals surface area (Å²) in [5, 5.41) is 3.78. The molecule has 2 heteroatoms. The fourth-order valence-electron chi connectivity index (χ4n) is 4.14. The molecule has 2 aromatic carbocycles. The van der Waals surface area contributed by atoms with Gasteiger partial charge in [0.15, 0.2) is 0 Å². The Kier molecular flexibility index (Phi) is 8.89. The van der Waals surface area contributed by atoms with Crippen LogP contribution in [0, 0.1) is 0 Å². The monoisotopic (exact) mass is 432 g/mol. The van der Waals surface area contributed by atoms with Crippen molar-refractivity contribution in [2.45, 2.75) is 99.8 Å². The second kappa shape index (κ2) is 11.0. The van der Waals surface area contributed by atoms with Crippen LogP contribution in [0.3, 0.4) is 0 Å². The van der Waals surface area contributed by atoms with Crippen molar-refractivity contribution in [2.24, 2.45) is 4.99 Å². The van der Waals surface area contributed by atoms with E-state index in [0.717, 1.165) is 17.1 Å². The van der Waals surface area contributed by atoms with Crippen LogP contribution in [-0.4, -0.2) is 5.71 Å². The molecule has 0 aliphatic heterocycles. The molecule has 2 nitrogen and oxygen atoms in total. The number of anilines is 1. The maximum atomic E-state index is 5.20. The van der Waals surface area contributed by atoms with Crippen LogP contribution in [-0.2, 0) is 0 Å². The maximum absolute atomic E-state index is 5.20. The number of allylic oxidation sites excluding steroid dienone is 2. The average molecular weight is 433 g/mol. The molecule has 2 rings (SSSR count). The largest absolute Gasteiger partial charge is 0.358 e. The molecule has 0 fully saturated rings. The van der Waals surface area contributed by atoms with Gasteiger partial charge >= 0.3 is 0 Å². The van der Waals surface area contributed by atoms with Gasteiger partial charge in [0.1, 0.15) is 0 Å². The summed E-state index contributed by atoms with van der Waals surface area (Å²) < 4.78 is 0. The molecule has 0 saturated carbocycles. The van der Waals surface area contributed by atoms with E-state index in [4.69, 9.17) is 4.99 Å². The van der Waals surface area contributed by atoms with E-state index in [1.807, 2.05) is 0 Å². The third kappa shape index (κ3) is 5.91. The summed E-state index contributed by atoms with van der Waals surface area (Å²) in [6.07, 6.45) is 0. The van der Waals surface area contributed by atoms with Crippen molar-refractivity contribution in [3.05, 3.63) is 69.9 Å². The van der Waals surface area contributed by atoms with E-state index in [0.29, 0.717) is 23.7 Å². The van der Waals surface area contributed by atoms with Crippen molar-refractivity contribution < 1.29 is 0 Å². The van der Waals surface area contributed by atoms with Gasteiger partial charge in [-0.3, -0.25) is 4.99 Å². The summed E-state index contributed by atoms with van der Waals surface area (Å²) >= 11 is 0. The molecule has 0 bridgehead atoms. The first-order valence-electron chi connectivity index (χ1n) is 12.2. The lowest BCUT2D eigenvalue weighted by molar-refractivity contribution is 0.834. The topological polar surface area (TPSA) is 24.4 Å². The summed E-state index contributed by atoms with van der Waals surface area (Å²) in [5.41, 5.74) is 11.2. The number of nitrogens with zero attached hydrogens (tertiary/aromatic N) is 1. The van der Waals surface area contributed by atoms with Crippen LogP contribution < -0.4 is 5.32 Å². The molecule has 1 N–H and O–H groups in total. The first-order valence-corrected chi connectivity index (χ1v) is 12.2. The van der Waals surface area contributed by atoms with E-state index < -0.39 is 0 Å². The molecule has 0 heterocycles. The molecule has 32 heavy (non-hydrogen) atoms. The van der Waals surface area contributed by atoms with Gasteiger partial charge < -0.3 is 5.32 Å². The molecule has 174 valence electrons. The Hall–Kier alpha value is -2.35. The van der Waals surface area contributed by atoms with Crippen LogP contribution >= 0.6 is 0 Å². The maximum Gasteiger partial charge on any atom is 0.0702 e. The average Bonchev–Trinajstić information content (AvgIpc) is 2.72. The Morgan fingerprint density at radius 3 is 1.38 bits per heavy atom. The van der Waals surface area contributed by atoms with Crippen molar-refractivity contribution in [1.29, 1.82) is 0 Å². The standard InChI is InChI=1S/C30H44N2/c1-18(2)25-14-12-15-26(19(3)4)29(25)31-23(10)22(9)24(11)32-30-27(20(5)6)16-13-17-28(30)21(7)8/h12-21,31H,1-11H3/b23-22+,32-24?. The van der Waals surface area contributed by atoms with Gasteiger partial charge in [-0.2, -0.15) is 0 Å². The van der Waals surface area contributed by atoms with Gasteiger partial charge in [-0.25, -0.2) is 0 Å². The lowest BCUT2D eigenvalue weighted by Gasteiger charge is -2.22. The SMILES string of the molecule is CC(=Nc1c(C(C)C)cccc1C(C)C)/C(C)=C(\C)Nc1c(C(C)C)cccc1C(C)C. The summed E-state index contributed by atoms with van der Waals surface area (Å²) in [6, 6.07) is 13.3. The molecule has 0 atom stereocenters. The van der Waals surface area contributed by atoms with E-state index in [2.05, 4.69) is 118 Å². The summed E-state index contributed by atoms with van der Waals surface area (Å²) in [4.78, 5) is 5.20. The molecule has 2 aromatic rings. The summed E-state index contributed by atoms with van der Waals surface area (Å²) in [6.45, 7) is 24.5. The van der Waals surface area contributed by atoms with E-state index in [1.54, 1.807) is 0 Å². The first kappa shape index (κ1) is 25.9. The lowest BCUT2D eigenvalue weighted by Crippen LogP contribution is -2.10. The van der Waals surface area contributed by atoms with E-state index in [-0.39, 0.29) is 0 Å². The number of hydrogen-bond acceptors (Lipinski definition) is 2. The molecule has 0 aromatic heterocycles. The Morgan fingerprint density at radius 1 is 0.625 bits per heavy atom. The van der Waals surface area contributed by atoms with Crippen LogP contribution in [0.25, 0.3) is 0 Å². The highest BCUT2D eigenvalue weighted by Gasteiger charge is 2.16. The van der Waals surface area contributed by atoms with Crippen molar-refractivity contribution in [2.75, 3.05) is 5.32 Å². The minimum absolute atomic E-state index is 0.440. The van der Waals surface area contributed by atoms with Gasteiger partial charge in [0.05, 0.1) is 5.69 Å². The van der Waals surface area contributed by atoms with Crippen molar-refractivity contribution in [3.63, 3.8) is 0 Å². The summed E-state index contributed by atoms with van der Waals surface area (Å²) in [5.74, 6) is 1.81. The summed E-state index contributed by atoms with van der Waals surface area (Å²) in [7, 11) is 0. The Bertz CT molecular complexity index is 935. The smallest absolute Gasteiger partial charge is 0.0702 e. The van der Waals surface area contributed by atoms with Crippen molar-refractivity contribution in [3.8, 4) is 0 Å². The Morgan fingerprint density at radius 2 is 1.00 bits per heavy atom. The minimum Gasteiger partial charge on any atom is -0.358 e. The number of rotatable bonds is 8. The predicted octanol–water partition coefficient (Wildman–Crippen LogP) is 9.68. The van der Waals surface area contributed by atoms with Gasteiger partial charge in [-0.05, 0) is 72.3 Å². The quantitative estimate of drug-likeness (QED) is 0.412. The van der Waals surface area contributed by atoms with E-state index in [1.165, 1.54) is 33.5 Å². The first-order chi connectivity index (χ1) is 15.0. The van der Waals surface area contributed by atoms with Crippen LogP contribution in [0.5, 0.6) is 0 Å². The van der Waals surface area contributed by atoms with Gasteiger partial charge in [0.25, 0.3) is 0 Å². The molecular weight excluding hydrogens is 388 g/mol. The van der Waals surface area contributed by atoms with Gasteiger partial charge in [-0.15, -0.1) is 0 Å². The van der Waals surface area contributed by atoms with Crippen LogP contribution in [0.2, 0.25) is 0 Å². The van der Waals surface area contributed by atoms with E-state index in [9.17, 15) is 0 Å². The normalized spacial score (nSPS) is 13.4. The molecule has 0 saturated heterocycles. The Labute approximate surface area is 197 Å². The van der Waals surface area contributed by atoms with Gasteiger partial charge in [0, 0.05) is 17.1 Å². The number of nitrogens with one attached hydrogen (secondary N) is 1. The number of hydrogen-bond donors (Lipinski definition) is 1. The van der Waals surface area contributed by atoms with Crippen LogP contribution in [0.4, 0.5) is 11.4 Å². The van der Waals surface area contributed by atoms with Crippen LogP contribution in [0.1, 0.15) is 122 Å². The van der Waals surface area contributed by atoms with Crippen molar-refractivity contribution >= 4 is 17.1 Å². The zero-order chi connectivity index (χ0) is 24.2. The fraction of sp³-hybridized carbons (Fsp3) is 0.500. The molecule has 0 aliphatic rings. The molecule has 0 amide bonds. The number of para-hydroxylation sites is 2. The van der Waals surface area contributed by atoms with Crippen molar-refractivity contribution in [1.82, 2.24) is 0 Å². The van der Waals surface area contributed by atoms with E-state index >= 15 is 0 Å². The van der Waals surface area contributed by atoms with Crippen LogP contribution in [0.15, 0.2) is 52.7 Å². The zero-order valence-corrected chi connectivity index (χ0v) is 22.2. The number of benzene rings is 2. The highest BCUT2D eigenvalue weighted by Crippen LogP contribution is 2.36. The van der Waals surface area contributed by atoms with Gasteiger partial charge in [-0.1, -0.05) is 91.8 Å². The molecule has 0 radical (unpaired) electrons.